The molecule has 0 unspecified atom stereocenters. The zero-order valence-electron chi connectivity index (χ0n) is 6.39. The SMILES string of the molecule is C=CN=C(C)N(C)CC. The van der Waals surface area contributed by atoms with Crippen LogP contribution in [0.1, 0.15) is 13.8 Å². The van der Waals surface area contributed by atoms with Gasteiger partial charge in [0.15, 0.2) is 0 Å². The number of rotatable bonds is 2. The van der Waals surface area contributed by atoms with Crippen LogP contribution in [0.2, 0.25) is 0 Å². The Hall–Kier alpha value is -0.790. The molecule has 0 fully saturated rings. The van der Waals surface area contributed by atoms with Crippen molar-refractivity contribution in [2.75, 3.05) is 13.6 Å². The van der Waals surface area contributed by atoms with E-state index in [1.54, 1.807) is 6.20 Å². The summed E-state index contributed by atoms with van der Waals surface area (Å²) in [5.74, 6) is 1.01. The van der Waals surface area contributed by atoms with Gasteiger partial charge in [-0.3, -0.25) is 0 Å². The van der Waals surface area contributed by atoms with E-state index in [1.807, 2.05) is 14.0 Å². The van der Waals surface area contributed by atoms with Gasteiger partial charge in [0.2, 0.25) is 0 Å². The lowest BCUT2D eigenvalue weighted by Gasteiger charge is -2.14. The first-order chi connectivity index (χ1) is 4.22. The Morgan fingerprint density at radius 3 is 2.67 bits per heavy atom. The van der Waals surface area contributed by atoms with Crippen molar-refractivity contribution in [2.45, 2.75) is 13.8 Å². The Kier molecular flexibility index (Phi) is 3.76. The molecule has 0 atom stereocenters. The zero-order valence-corrected chi connectivity index (χ0v) is 6.39. The molecule has 0 spiro atoms. The number of nitrogens with zero attached hydrogens (tertiary/aromatic N) is 2. The average molecular weight is 126 g/mol. The fraction of sp³-hybridized carbons (Fsp3) is 0.571. The van der Waals surface area contributed by atoms with Crippen molar-refractivity contribution in [3.8, 4) is 0 Å². The van der Waals surface area contributed by atoms with Crippen LogP contribution in [0, 0.1) is 0 Å². The first-order valence-electron chi connectivity index (χ1n) is 3.08. The van der Waals surface area contributed by atoms with Crippen molar-refractivity contribution in [3.63, 3.8) is 0 Å². The van der Waals surface area contributed by atoms with Gasteiger partial charge in [-0.2, -0.15) is 0 Å². The molecular weight excluding hydrogens is 112 g/mol. The molecule has 0 aromatic rings. The molecule has 0 radical (unpaired) electrons. The average Bonchev–Trinajstić information content (AvgIpc) is 1.87. The first-order valence-corrected chi connectivity index (χ1v) is 3.08. The van der Waals surface area contributed by atoms with Crippen LogP contribution in [-0.4, -0.2) is 24.3 Å². The number of amidine groups is 1. The molecule has 0 aromatic carbocycles. The van der Waals surface area contributed by atoms with Gasteiger partial charge in [-0.1, -0.05) is 6.58 Å². The third kappa shape index (κ3) is 2.90. The van der Waals surface area contributed by atoms with Gasteiger partial charge in [-0.05, 0) is 13.8 Å². The van der Waals surface area contributed by atoms with Gasteiger partial charge < -0.3 is 4.90 Å². The summed E-state index contributed by atoms with van der Waals surface area (Å²) in [6, 6.07) is 0. The predicted molar refractivity (Wildman–Crippen MR) is 41.6 cm³/mol. The third-order valence-electron chi connectivity index (χ3n) is 1.30. The fourth-order valence-corrected chi connectivity index (χ4v) is 0.459. The lowest BCUT2D eigenvalue weighted by molar-refractivity contribution is 0.532. The second-order valence-electron chi connectivity index (χ2n) is 1.87. The van der Waals surface area contributed by atoms with E-state index in [-0.39, 0.29) is 0 Å². The van der Waals surface area contributed by atoms with Gasteiger partial charge in [0, 0.05) is 19.8 Å². The molecule has 0 aliphatic carbocycles. The van der Waals surface area contributed by atoms with Crippen LogP contribution in [0.4, 0.5) is 0 Å². The van der Waals surface area contributed by atoms with E-state index in [2.05, 4.69) is 23.4 Å². The fourth-order valence-electron chi connectivity index (χ4n) is 0.459. The number of aliphatic imine (C=N–C) groups is 1. The molecule has 2 nitrogen and oxygen atoms in total. The van der Waals surface area contributed by atoms with Crippen molar-refractivity contribution in [3.05, 3.63) is 12.8 Å². The van der Waals surface area contributed by atoms with Crippen LogP contribution in [-0.2, 0) is 0 Å². The van der Waals surface area contributed by atoms with E-state index in [4.69, 9.17) is 0 Å². The Balaban J connectivity index is 3.84. The standard InChI is InChI=1S/C7H14N2/c1-5-8-7(3)9(4)6-2/h5H,1,6H2,2-4H3. The third-order valence-corrected chi connectivity index (χ3v) is 1.30. The van der Waals surface area contributed by atoms with Crippen LogP contribution < -0.4 is 0 Å². The van der Waals surface area contributed by atoms with Gasteiger partial charge in [-0.15, -0.1) is 0 Å². The first kappa shape index (κ1) is 8.21. The molecule has 0 aromatic heterocycles. The minimum Gasteiger partial charge on any atom is -0.364 e. The van der Waals surface area contributed by atoms with Crippen LogP contribution in [0.3, 0.4) is 0 Å². The minimum atomic E-state index is 0.989. The van der Waals surface area contributed by atoms with Crippen molar-refractivity contribution in [2.24, 2.45) is 4.99 Å². The monoisotopic (exact) mass is 126 g/mol. The lowest BCUT2D eigenvalue weighted by atomic mass is 10.5. The molecule has 0 heterocycles. The highest BCUT2D eigenvalue weighted by Crippen LogP contribution is 1.85. The van der Waals surface area contributed by atoms with Crippen molar-refractivity contribution < 1.29 is 0 Å². The van der Waals surface area contributed by atoms with Gasteiger partial charge in [0.1, 0.15) is 5.84 Å². The molecule has 0 aliphatic rings. The largest absolute Gasteiger partial charge is 0.364 e. The van der Waals surface area contributed by atoms with E-state index < -0.39 is 0 Å². The summed E-state index contributed by atoms with van der Waals surface area (Å²) < 4.78 is 0. The van der Waals surface area contributed by atoms with Gasteiger partial charge in [0.25, 0.3) is 0 Å². The number of hydrogen-bond acceptors (Lipinski definition) is 1. The zero-order chi connectivity index (χ0) is 7.28. The summed E-state index contributed by atoms with van der Waals surface area (Å²) in [5.41, 5.74) is 0. The van der Waals surface area contributed by atoms with Crippen LogP contribution in [0.15, 0.2) is 17.8 Å². The lowest BCUT2D eigenvalue weighted by Crippen LogP contribution is -2.22. The van der Waals surface area contributed by atoms with E-state index >= 15 is 0 Å². The van der Waals surface area contributed by atoms with Gasteiger partial charge >= 0.3 is 0 Å². The molecule has 0 saturated heterocycles. The van der Waals surface area contributed by atoms with Gasteiger partial charge in [-0.25, -0.2) is 4.99 Å². The number of hydrogen-bond donors (Lipinski definition) is 0. The maximum Gasteiger partial charge on any atom is 0.101 e. The summed E-state index contributed by atoms with van der Waals surface area (Å²) >= 11 is 0. The van der Waals surface area contributed by atoms with E-state index in [1.165, 1.54) is 0 Å². The quantitative estimate of drug-likeness (QED) is 0.404. The highest BCUT2D eigenvalue weighted by atomic mass is 15.1. The van der Waals surface area contributed by atoms with Crippen molar-refractivity contribution in [1.29, 1.82) is 0 Å². The summed E-state index contributed by atoms with van der Waals surface area (Å²) in [7, 11) is 2.00. The van der Waals surface area contributed by atoms with E-state index in [9.17, 15) is 0 Å². The molecular formula is C7H14N2. The molecule has 0 rings (SSSR count). The predicted octanol–water partition coefficient (Wildman–Crippen LogP) is 1.50. The molecule has 2 heteroatoms. The molecule has 0 bridgehead atoms. The Labute approximate surface area is 56.9 Å². The minimum absolute atomic E-state index is 0.989. The Morgan fingerprint density at radius 2 is 2.33 bits per heavy atom. The topological polar surface area (TPSA) is 15.6 Å². The summed E-state index contributed by atoms with van der Waals surface area (Å²) in [6.45, 7) is 8.54. The van der Waals surface area contributed by atoms with Crippen molar-refractivity contribution >= 4 is 5.84 Å². The van der Waals surface area contributed by atoms with Crippen LogP contribution >= 0.6 is 0 Å². The van der Waals surface area contributed by atoms with Crippen molar-refractivity contribution in [1.82, 2.24) is 4.90 Å². The molecule has 0 amide bonds. The second kappa shape index (κ2) is 4.13. The van der Waals surface area contributed by atoms with Crippen LogP contribution in [0.5, 0.6) is 0 Å². The summed E-state index contributed by atoms with van der Waals surface area (Å²) in [5, 5.41) is 0. The maximum absolute atomic E-state index is 4.00. The van der Waals surface area contributed by atoms with E-state index in [0.29, 0.717) is 0 Å². The molecule has 0 N–H and O–H groups in total. The molecule has 0 saturated carbocycles. The Bertz CT molecular complexity index is 116. The molecule has 9 heavy (non-hydrogen) atoms. The Morgan fingerprint density at radius 1 is 1.78 bits per heavy atom. The molecule has 0 aliphatic heterocycles. The highest BCUT2D eigenvalue weighted by Gasteiger charge is 1.92. The van der Waals surface area contributed by atoms with Crippen LogP contribution in [0.25, 0.3) is 0 Å². The summed E-state index contributed by atoms with van der Waals surface area (Å²) in [6.07, 6.45) is 1.56. The van der Waals surface area contributed by atoms with E-state index in [0.717, 1.165) is 12.4 Å². The summed E-state index contributed by atoms with van der Waals surface area (Å²) in [4.78, 5) is 6.06. The molecule has 52 valence electrons. The normalized spacial score (nSPS) is 11.2. The maximum atomic E-state index is 4.00. The second-order valence-corrected chi connectivity index (χ2v) is 1.87. The highest BCUT2D eigenvalue weighted by molar-refractivity contribution is 5.79. The van der Waals surface area contributed by atoms with Gasteiger partial charge in [0.05, 0.1) is 0 Å². The smallest absolute Gasteiger partial charge is 0.101 e.